The Bertz CT molecular complexity index is 556. The average Bonchev–Trinajstić information content (AvgIpc) is 2.77. The van der Waals surface area contributed by atoms with Crippen molar-refractivity contribution in [2.45, 2.75) is 0 Å². The molecule has 1 heterocycles. The lowest BCUT2D eigenvalue weighted by Crippen LogP contribution is -1.86. The summed E-state index contributed by atoms with van der Waals surface area (Å²) in [6.45, 7) is 0. The zero-order valence-electron chi connectivity index (χ0n) is 8.43. The number of ether oxygens (including phenoxy) is 1. The van der Waals surface area contributed by atoms with Gasteiger partial charge >= 0.3 is 0 Å². The fourth-order valence-electron chi connectivity index (χ4n) is 1.35. The summed E-state index contributed by atoms with van der Waals surface area (Å²) in [5, 5.41) is 28.1. The van der Waals surface area contributed by atoms with Crippen molar-refractivity contribution in [3.63, 3.8) is 0 Å². The van der Waals surface area contributed by atoms with Crippen LogP contribution in [-0.4, -0.2) is 27.6 Å². The van der Waals surface area contributed by atoms with Crippen molar-refractivity contribution in [2.24, 2.45) is 0 Å². The predicted octanol–water partition coefficient (Wildman–Crippen LogP) is 1.06. The van der Waals surface area contributed by atoms with Gasteiger partial charge in [-0.25, -0.2) is 5.10 Å². The Labute approximate surface area is 91.1 Å². The van der Waals surface area contributed by atoms with Crippen LogP contribution in [0.25, 0.3) is 11.3 Å². The number of nitrogens with one attached hydrogen (secondary N) is 1. The smallest absolute Gasteiger partial charge is 0.163 e. The summed E-state index contributed by atoms with van der Waals surface area (Å²) in [6, 6.07) is 6.69. The fourth-order valence-corrected chi connectivity index (χ4v) is 1.35. The molecular formula is C10H8N4O2. The molecule has 0 bridgehead atoms. The molecule has 0 saturated carbocycles. The van der Waals surface area contributed by atoms with E-state index in [0.717, 1.165) is 0 Å². The molecule has 1 aromatic carbocycles. The van der Waals surface area contributed by atoms with Gasteiger partial charge in [-0.1, -0.05) is 5.21 Å². The van der Waals surface area contributed by atoms with Crippen LogP contribution in [0.4, 0.5) is 0 Å². The Morgan fingerprint density at radius 2 is 2.31 bits per heavy atom. The maximum atomic E-state index is 9.59. The van der Waals surface area contributed by atoms with Gasteiger partial charge in [0.1, 0.15) is 11.8 Å². The quantitative estimate of drug-likeness (QED) is 0.782. The van der Waals surface area contributed by atoms with E-state index in [0.29, 0.717) is 17.0 Å². The van der Waals surface area contributed by atoms with Crippen LogP contribution in [0.3, 0.4) is 0 Å². The first-order valence-electron chi connectivity index (χ1n) is 4.44. The third kappa shape index (κ3) is 1.54. The molecule has 2 aromatic rings. The highest BCUT2D eigenvalue weighted by Crippen LogP contribution is 2.31. The number of phenols is 1. The first-order valence-corrected chi connectivity index (χ1v) is 4.44. The third-order valence-corrected chi connectivity index (χ3v) is 2.11. The Hall–Kier alpha value is -2.55. The van der Waals surface area contributed by atoms with Gasteiger partial charge in [-0.3, -0.25) is 0 Å². The van der Waals surface area contributed by atoms with Crippen molar-refractivity contribution in [3.05, 3.63) is 23.9 Å². The second-order valence-corrected chi connectivity index (χ2v) is 3.03. The number of nitriles is 1. The molecule has 0 spiro atoms. The summed E-state index contributed by atoms with van der Waals surface area (Å²) in [6.07, 6.45) is 0. The maximum Gasteiger partial charge on any atom is 0.163 e. The average molecular weight is 216 g/mol. The molecule has 0 aliphatic rings. The number of rotatable bonds is 2. The number of nitrogens with zero attached hydrogens (tertiary/aromatic N) is 3. The molecule has 0 saturated heterocycles. The van der Waals surface area contributed by atoms with Gasteiger partial charge in [0.25, 0.3) is 0 Å². The summed E-state index contributed by atoms with van der Waals surface area (Å²) < 4.78 is 4.92. The molecule has 1 aromatic heterocycles. The lowest BCUT2D eigenvalue weighted by atomic mass is 10.1. The molecule has 2 rings (SSSR count). The number of hydrogen-bond donors (Lipinski definition) is 2. The minimum Gasteiger partial charge on any atom is -0.504 e. The number of phenolic OH excluding ortho intramolecular Hbond substituents is 1. The van der Waals surface area contributed by atoms with E-state index in [2.05, 4.69) is 15.4 Å². The molecular weight excluding hydrogens is 208 g/mol. The summed E-state index contributed by atoms with van der Waals surface area (Å²) in [7, 11) is 1.46. The van der Waals surface area contributed by atoms with Gasteiger partial charge in [-0.2, -0.15) is 5.26 Å². The minimum absolute atomic E-state index is 0.00751. The Morgan fingerprint density at radius 3 is 2.94 bits per heavy atom. The summed E-state index contributed by atoms with van der Waals surface area (Å²) in [5.41, 5.74) is 1.26. The first-order chi connectivity index (χ1) is 7.76. The standard InChI is InChI=1S/C10H8N4O2/c1-16-9-3-2-6(4-8(9)15)10-7(5-11)12-14-13-10/h2-4,15H,1H3,(H,12,13,14). The van der Waals surface area contributed by atoms with Crippen molar-refractivity contribution in [1.82, 2.24) is 15.4 Å². The number of H-pyrrole nitrogens is 1. The van der Waals surface area contributed by atoms with E-state index in [4.69, 9.17) is 10.00 Å². The second kappa shape index (κ2) is 3.90. The predicted molar refractivity (Wildman–Crippen MR) is 54.8 cm³/mol. The van der Waals surface area contributed by atoms with Gasteiger partial charge in [-0.15, -0.1) is 5.10 Å². The Morgan fingerprint density at radius 1 is 1.50 bits per heavy atom. The summed E-state index contributed by atoms with van der Waals surface area (Å²) in [4.78, 5) is 0. The number of methoxy groups -OCH3 is 1. The van der Waals surface area contributed by atoms with Crippen LogP contribution < -0.4 is 4.74 Å². The Balaban J connectivity index is 2.50. The molecule has 0 aliphatic heterocycles. The number of aromatic amines is 1. The van der Waals surface area contributed by atoms with E-state index in [1.54, 1.807) is 12.1 Å². The molecule has 2 N–H and O–H groups in total. The summed E-state index contributed by atoms with van der Waals surface area (Å²) in [5.74, 6) is 0.359. The van der Waals surface area contributed by atoms with Crippen molar-refractivity contribution >= 4 is 0 Å². The van der Waals surface area contributed by atoms with Gasteiger partial charge in [0.05, 0.1) is 7.11 Å². The molecule has 0 unspecified atom stereocenters. The number of hydrogen-bond acceptors (Lipinski definition) is 5. The Kier molecular flexibility index (Phi) is 2.44. The highest BCUT2D eigenvalue weighted by atomic mass is 16.5. The van der Waals surface area contributed by atoms with E-state index in [-0.39, 0.29) is 11.4 Å². The third-order valence-electron chi connectivity index (χ3n) is 2.11. The van der Waals surface area contributed by atoms with Crippen LogP contribution >= 0.6 is 0 Å². The van der Waals surface area contributed by atoms with Gasteiger partial charge in [0, 0.05) is 5.56 Å². The van der Waals surface area contributed by atoms with Crippen LogP contribution in [0.1, 0.15) is 5.69 Å². The SMILES string of the molecule is COc1ccc(-c2nn[nH]c2C#N)cc1O. The number of aromatic hydroxyl groups is 1. The van der Waals surface area contributed by atoms with Crippen molar-refractivity contribution in [1.29, 1.82) is 5.26 Å². The van der Waals surface area contributed by atoms with Gasteiger partial charge < -0.3 is 9.84 Å². The van der Waals surface area contributed by atoms with E-state index in [1.165, 1.54) is 13.2 Å². The molecule has 0 amide bonds. The van der Waals surface area contributed by atoms with Gasteiger partial charge in [0.15, 0.2) is 17.2 Å². The lowest BCUT2D eigenvalue weighted by Gasteiger charge is -2.04. The van der Waals surface area contributed by atoms with E-state index < -0.39 is 0 Å². The topological polar surface area (TPSA) is 94.8 Å². The number of benzene rings is 1. The molecule has 6 heteroatoms. The van der Waals surface area contributed by atoms with E-state index in [1.807, 2.05) is 6.07 Å². The molecule has 0 fully saturated rings. The minimum atomic E-state index is -0.00751. The molecule has 0 aliphatic carbocycles. The maximum absolute atomic E-state index is 9.59. The highest BCUT2D eigenvalue weighted by molar-refractivity contribution is 5.67. The van der Waals surface area contributed by atoms with Crippen LogP contribution in [-0.2, 0) is 0 Å². The molecule has 16 heavy (non-hydrogen) atoms. The molecule has 6 nitrogen and oxygen atoms in total. The van der Waals surface area contributed by atoms with Crippen LogP contribution in [0.5, 0.6) is 11.5 Å². The normalized spacial score (nSPS) is 9.75. The monoisotopic (exact) mass is 216 g/mol. The zero-order chi connectivity index (χ0) is 11.5. The van der Waals surface area contributed by atoms with Gasteiger partial charge in [0.2, 0.25) is 0 Å². The zero-order valence-corrected chi connectivity index (χ0v) is 8.43. The van der Waals surface area contributed by atoms with Gasteiger partial charge in [-0.05, 0) is 18.2 Å². The molecule has 0 radical (unpaired) electrons. The van der Waals surface area contributed by atoms with Crippen LogP contribution in [0, 0.1) is 11.3 Å². The summed E-state index contributed by atoms with van der Waals surface area (Å²) >= 11 is 0. The molecule has 0 atom stereocenters. The first kappa shape index (κ1) is 9.98. The van der Waals surface area contributed by atoms with E-state index >= 15 is 0 Å². The van der Waals surface area contributed by atoms with Crippen molar-refractivity contribution in [2.75, 3.05) is 7.11 Å². The molecule has 80 valence electrons. The second-order valence-electron chi connectivity index (χ2n) is 3.03. The van der Waals surface area contributed by atoms with Crippen LogP contribution in [0.15, 0.2) is 18.2 Å². The van der Waals surface area contributed by atoms with Crippen LogP contribution in [0.2, 0.25) is 0 Å². The highest BCUT2D eigenvalue weighted by Gasteiger charge is 2.11. The largest absolute Gasteiger partial charge is 0.504 e. The fraction of sp³-hybridized carbons (Fsp3) is 0.100. The van der Waals surface area contributed by atoms with Crippen molar-refractivity contribution in [3.8, 4) is 28.8 Å². The number of aromatic nitrogens is 3. The van der Waals surface area contributed by atoms with Crippen molar-refractivity contribution < 1.29 is 9.84 Å². The van der Waals surface area contributed by atoms with E-state index in [9.17, 15) is 5.11 Å². The lowest BCUT2D eigenvalue weighted by molar-refractivity contribution is 0.373.